The Balaban J connectivity index is 1.08. The molecule has 2 aliphatic heterocycles. The molecule has 0 saturated heterocycles. The summed E-state index contributed by atoms with van der Waals surface area (Å²) in [5.41, 5.74) is 5.19. The van der Waals surface area contributed by atoms with Crippen molar-refractivity contribution in [3.05, 3.63) is 88.3 Å². The van der Waals surface area contributed by atoms with Crippen LogP contribution >= 0.6 is 0 Å². The van der Waals surface area contributed by atoms with E-state index in [9.17, 15) is 24.3 Å². The molecule has 16 heteroatoms. The van der Waals surface area contributed by atoms with Gasteiger partial charge in [-0.15, -0.1) is 0 Å². The quantitative estimate of drug-likeness (QED) is 0.105. The van der Waals surface area contributed by atoms with Crippen molar-refractivity contribution in [2.45, 2.75) is 79.1 Å². The zero-order valence-electron chi connectivity index (χ0n) is 31.7. The van der Waals surface area contributed by atoms with Crippen LogP contribution in [0.3, 0.4) is 0 Å². The molecule has 2 aliphatic rings. The summed E-state index contributed by atoms with van der Waals surface area (Å²) >= 11 is 0. The summed E-state index contributed by atoms with van der Waals surface area (Å²) in [6, 6.07) is 9.43. The second-order valence-corrected chi connectivity index (χ2v) is 14.1. The molecular formula is C40H41N9O7. The molecule has 2 atom stereocenters. The molecule has 16 nitrogen and oxygen atoms in total. The summed E-state index contributed by atoms with van der Waals surface area (Å²) in [7, 11) is 0. The highest BCUT2D eigenvalue weighted by atomic mass is 16.5. The lowest BCUT2D eigenvalue weighted by atomic mass is 10.1. The highest BCUT2D eigenvalue weighted by Gasteiger charge is 2.31. The Hall–Kier alpha value is -6.58. The van der Waals surface area contributed by atoms with E-state index in [4.69, 9.17) is 19.4 Å². The number of benzene rings is 2. The number of carbonyl (C=O) groups excluding carboxylic acids is 3. The summed E-state index contributed by atoms with van der Waals surface area (Å²) in [5, 5.41) is 21.6. The third kappa shape index (κ3) is 6.39. The molecule has 6 aromatic rings. The van der Waals surface area contributed by atoms with Gasteiger partial charge in [-0.2, -0.15) is 10.2 Å². The van der Waals surface area contributed by atoms with Crippen LogP contribution in [0.2, 0.25) is 0 Å². The van der Waals surface area contributed by atoms with E-state index in [0.717, 1.165) is 11.4 Å². The number of aromatic carboxylic acids is 1. The number of allylic oxidation sites excluding steroid dienone is 2. The maximum atomic E-state index is 13.7. The number of anilines is 1. The second-order valence-electron chi connectivity index (χ2n) is 14.1. The average Bonchev–Trinajstić information content (AvgIpc) is 3.95. The normalized spacial score (nSPS) is 16.0. The fourth-order valence-corrected chi connectivity index (χ4v) is 7.70. The number of hydrogen-bond acceptors (Lipinski definition) is 10. The molecule has 0 bridgehead atoms. The highest BCUT2D eigenvalue weighted by molar-refractivity contribution is 6.04. The van der Waals surface area contributed by atoms with Crippen LogP contribution in [-0.2, 0) is 19.5 Å². The Morgan fingerprint density at radius 1 is 0.786 bits per heavy atom. The molecule has 0 saturated carbocycles. The van der Waals surface area contributed by atoms with Gasteiger partial charge in [-0.05, 0) is 83.9 Å². The molecular weight excluding hydrogens is 718 g/mol. The van der Waals surface area contributed by atoms with Crippen LogP contribution in [0.4, 0.5) is 5.95 Å². The van der Waals surface area contributed by atoms with Crippen molar-refractivity contribution in [1.29, 1.82) is 0 Å². The van der Waals surface area contributed by atoms with Crippen molar-refractivity contribution in [3.8, 4) is 11.5 Å². The fraction of sp³-hybridized carbons (Fsp3) is 0.350. The highest BCUT2D eigenvalue weighted by Crippen LogP contribution is 2.40. The van der Waals surface area contributed by atoms with Gasteiger partial charge in [0.05, 0.1) is 46.5 Å². The van der Waals surface area contributed by atoms with E-state index < -0.39 is 5.97 Å². The fourth-order valence-electron chi connectivity index (χ4n) is 7.70. The molecule has 288 valence electrons. The van der Waals surface area contributed by atoms with Gasteiger partial charge >= 0.3 is 5.97 Å². The van der Waals surface area contributed by atoms with E-state index in [0.29, 0.717) is 88.2 Å². The molecule has 6 heterocycles. The zero-order chi connectivity index (χ0) is 39.4. The zero-order valence-corrected chi connectivity index (χ0v) is 31.7. The molecule has 56 heavy (non-hydrogen) atoms. The van der Waals surface area contributed by atoms with Crippen molar-refractivity contribution in [3.63, 3.8) is 0 Å². The maximum Gasteiger partial charge on any atom is 0.335 e. The van der Waals surface area contributed by atoms with Gasteiger partial charge in [0.25, 0.3) is 5.91 Å². The first-order valence-electron chi connectivity index (χ1n) is 18.6. The molecule has 8 rings (SSSR count). The Morgan fingerprint density at radius 3 is 1.96 bits per heavy atom. The lowest BCUT2D eigenvalue weighted by molar-refractivity contribution is 0.0695. The number of nitrogens with zero attached hydrogens (tertiary/aromatic N) is 8. The SMILES string of the molecule is CCn1nc(C)cc1C(=O)Cc1nc2cc(C(=O)O)cc3c2n1[C@@H](C/C=C/C[C@H]1COc2cc(C(C)=O)cc4nc(NC(=O)c5cc(C)nn5CC)n1c24)CO3. The Morgan fingerprint density at radius 2 is 1.34 bits per heavy atom. The molecule has 0 unspecified atom stereocenters. The molecule has 4 aromatic heterocycles. The number of carboxylic acid groups (broad SMARTS) is 1. The molecule has 0 radical (unpaired) electrons. The van der Waals surface area contributed by atoms with E-state index >= 15 is 0 Å². The smallest absolute Gasteiger partial charge is 0.335 e. The molecule has 2 N–H and O–H groups in total. The van der Waals surface area contributed by atoms with Crippen LogP contribution in [0, 0.1) is 13.8 Å². The summed E-state index contributed by atoms with van der Waals surface area (Å²) in [4.78, 5) is 61.1. The summed E-state index contributed by atoms with van der Waals surface area (Å²) in [6.07, 6.45) is 5.12. The number of aromatic nitrogens is 8. The topological polar surface area (TPSA) is 190 Å². The van der Waals surface area contributed by atoms with Gasteiger partial charge in [-0.1, -0.05) is 12.2 Å². The molecule has 2 aromatic carbocycles. The molecule has 0 fully saturated rings. The maximum absolute atomic E-state index is 13.7. The van der Waals surface area contributed by atoms with Gasteiger partial charge in [-0.3, -0.25) is 33.6 Å². The monoisotopic (exact) mass is 759 g/mol. The number of nitrogens with one attached hydrogen (secondary N) is 1. The number of hydrogen-bond donors (Lipinski definition) is 2. The average molecular weight is 760 g/mol. The van der Waals surface area contributed by atoms with Crippen LogP contribution in [0.25, 0.3) is 22.1 Å². The Bertz CT molecular complexity index is 2450. The lowest BCUT2D eigenvalue weighted by Crippen LogP contribution is -2.26. The minimum Gasteiger partial charge on any atom is -0.489 e. The van der Waals surface area contributed by atoms with E-state index in [-0.39, 0.29) is 54.8 Å². The number of ether oxygens (including phenoxy) is 2. The van der Waals surface area contributed by atoms with Crippen molar-refractivity contribution >= 4 is 51.5 Å². The lowest BCUT2D eigenvalue weighted by Gasteiger charge is -2.27. The third-order valence-electron chi connectivity index (χ3n) is 10.3. The molecule has 0 aliphatic carbocycles. The van der Waals surface area contributed by atoms with Crippen LogP contribution in [-0.4, -0.2) is 80.4 Å². The number of aryl methyl sites for hydroxylation is 4. The third-order valence-corrected chi connectivity index (χ3v) is 10.3. The first kappa shape index (κ1) is 36.4. The van der Waals surface area contributed by atoms with Crippen molar-refractivity contribution < 1.29 is 33.8 Å². The van der Waals surface area contributed by atoms with Crippen molar-refractivity contribution in [1.82, 2.24) is 38.7 Å². The van der Waals surface area contributed by atoms with E-state index in [2.05, 4.69) is 15.5 Å². The number of imidazole rings is 2. The van der Waals surface area contributed by atoms with Crippen molar-refractivity contribution in [2.75, 3.05) is 18.5 Å². The van der Waals surface area contributed by atoms with Crippen LogP contribution in [0.5, 0.6) is 11.5 Å². The van der Waals surface area contributed by atoms with Crippen LogP contribution in [0.15, 0.2) is 48.6 Å². The minimum absolute atomic E-state index is 0.00419. The Kier molecular flexibility index (Phi) is 9.26. The van der Waals surface area contributed by atoms with Gasteiger partial charge in [0.2, 0.25) is 5.95 Å². The first-order chi connectivity index (χ1) is 26.9. The number of amides is 1. The minimum atomic E-state index is -1.10. The predicted octanol–water partition coefficient (Wildman–Crippen LogP) is 5.92. The van der Waals surface area contributed by atoms with Gasteiger partial charge in [0.15, 0.2) is 11.6 Å². The standard InChI is InChI=1S/C40H41N9O7/c1-6-46-30(12-21(3)44-46)32(51)18-35-41-28-15-25(39(53)54)17-34-36(28)48(35)26(19-55-34)10-8-9-11-27-20-56-33-16-24(23(5)50)14-29-37(33)49(27)40(42-29)43-38(52)31-13-22(4)45-47(31)7-2/h8-9,12-17,26-27H,6-7,10-11,18-20H2,1-5H3,(H,53,54)(H,42,43,52)/b9-8+/t26-,27-/m0/s1. The number of Topliss-reactive ketones (excluding diaryl/α,β-unsaturated/α-hetero) is 2. The number of rotatable bonds is 13. The summed E-state index contributed by atoms with van der Waals surface area (Å²) < 4.78 is 19.6. The van der Waals surface area contributed by atoms with Crippen LogP contribution < -0.4 is 14.8 Å². The van der Waals surface area contributed by atoms with E-state index in [1.165, 1.54) is 19.1 Å². The predicted molar refractivity (Wildman–Crippen MR) is 205 cm³/mol. The van der Waals surface area contributed by atoms with E-state index in [1.54, 1.807) is 33.6 Å². The van der Waals surface area contributed by atoms with Gasteiger partial charge < -0.3 is 19.1 Å². The molecule has 0 spiro atoms. The summed E-state index contributed by atoms with van der Waals surface area (Å²) in [5.74, 6) is 0.0584. The van der Waals surface area contributed by atoms with Crippen LogP contribution in [0.1, 0.15) is 105 Å². The van der Waals surface area contributed by atoms with E-state index in [1.807, 2.05) is 49.0 Å². The number of carboxylic acids is 1. The largest absolute Gasteiger partial charge is 0.489 e. The van der Waals surface area contributed by atoms with Gasteiger partial charge in [0.1, 0.15) is 53.0 Å². The Labute approximate surface area is 320 Å². The van der Waals surface area contributed by atoms with Crippen molar-refractivity contribution in [2.24, 2.45) is 0 Å². The van der Waals surface area contributed by atoms with Gasteiger partial charge in [-0.25, -0.2) is 14.8 Å². The molecule has 1 amide bonds. The number of carbonyl (C=O) groups is 4. The first-order valence-corrected chi connectivity index (χ1v) is 18.6. The second kappa shape index (κ2) is 14.2. The van der Waals surface area contributed by atoms with Gasteiger partial charge in [0, 0.05) is 18.7 Å². The number of ketones is 2. The summed E-state index contributed by atoms with van der Waals surface area (Å²) in [6.45, 7) is 10.6.